The molecule has 1 N–H and O–H groups in total. The van der Waals surface area contributed by atoms with Gasteiger partial charge in [-0.2, -0.15) is 0 Å². The number of oxime groups is 1. The minimum atomic E-state index is -0.943. The maximum atomic E-state index is 13.6. The van der Waals surface area contributed by atoms with E-state index in [9.17, 15) is 14.3 Å². The monoisotopic (exact) mass is 518 g/mol. The van der Waals surface area contributed by atoms with Gasteiger partial charge in [0.25, 0.3) is 0 Å². The van der Waals surface area contributed by atoms with Gasteiger partial charge in [-0.25, -0.2) is 9.18 Å². The molecule has 0 radical (unpaired) electrons. The number of likely N-dealkylation sites (tertiary alicyclic amines) is 1. The van der Waals surface area contributed by atoms with Crippen LogP contribution < -0.4 is 9.47 Å². The standard InChI is InChI=1S/C30H31FN2O5/c1-4-36-26-13-20(14-27(37-5-2)28(26)21-6-9-23(31)10-7-21)16-33-17-30(18-33)15-25(32-38-30)24-11-8-22(29(34)35)12-19(24)3/h6-14H,4-5,15-18H2,1-3H3,(H,34,35). The summed E-state index contributed by atoms with van der Waals surface area (Å²) in [5.41, 5.74) is 5.24. The third kappa shape index (κ3) is 5.09. The lowest BCUT2D eigenvalue weighted by Crippen LogP contribution is -2.61. The fourth-order valence-corrected chi connectivity index (χ4v) is 5.27. The van der Waals surface area contributed by atoms with Crippen molar-refractivity contribution >= 4 is 11.7 Å². The first-order valence-corrected chi connectivity index (χ1v) is 12.8. The van der Waals surface area contributed by atoms with Gasteiger partial charge < -0.3 is 19.4 Å². The van der Waals surface area contributed by atoms with Gasteiger partial charge in [-0.3, -0.25) is 4.90 Å². The van der Waals surface area contributed by atoms with E-state index in [4.69, 9.17) is 14.3 Å². The Morgan fingerprint density at radius 2 is 1.71 bits per heavy atom. The van der Waals surface area contributed by atoms with E-state index < -0.39 is 5.97 Å². The highest BCUT2D eigenvalue weighted by atomic mass is 19.1. The quantitative estimate of drug-likeness (QED) is 0.393. The van der Waals surface area contributed by atoms with Crippen molar-refractivity contribution in [1.29, 1.82) is 0 Å². The molecule has 0 bridgehead atoms. The smallest absolute Gasteiger partial charge is 0.335 e. The third-order valence-corrected chi connectivity index (χ3v) is 6.91. The van der Waals surface area contributed by atoms with Crippen molar-refractivity contribution < 1.29 is 28.6 Å². The number of nitrogens with zero attached hydrogens (tertiary/aromatic N) is 2. The number of hydrogen-bond donors (Lipinski definition) is 1. The maximum Gasteiger partial charge on any atom is 0.335 e. The largest absolute Gasteiger partial charge is 0.493 e. The fourth-order valence-electron chi connectivity index (χ4n) is 5.27. The number of aryl methyl sites for hydroxylation is 1. The number of aromatic carboxylic acids is 1. The number of ether oxygens (including phenoxy) is 2. The van der Waals surface area contributed by atoms with Gasteiger partial charge in [0.05, 0.1) is 30.1 Å². The first-order valence-electron chi connectivity index (χ1n) is 12.8. The Morgan fingerprint density at radius 1 is 1.05 bits per heavy atom. The molecular formula is C30H31FN2O5. The predicted molar refractivity (Wildman–Crippen MR) is 143 cm³/mol. The summed E-state index contributed by atoms with van der Waals surface area (Å²) in [6, 6.07) is 15.5. The lowest BCUT2D eigenvalue weighted by Gasteiger charge is -2.45. The second-order valence-corrected chi connectivity index (χ2v) is 9.81. The molecule has 0 aromatic heterocycles. The molecule has 2 aliphatic heterocycles. The topological polar surface area (TPSA) is 80.6 Å². The number of carboxylic acids is 1. The van der Waals surface area contributed by atoms with Crippen molar-refractivity contribution in [3.8, 4) is 22.6 Å². The Balaban J connectivity index is 1.30. The highest BCUT2D eigenvalue weighted by Gasteiger charge is 2.50. The fraction of sp³-hybridized carbons (Fsp3) is 0.333. The van der Waals surface area contributed by atoms with Gasteiger partial charge in [0, 0.05) is 31.6 Å². The number of benzene rings is 3. The summed E-state index contributed by atoms with van der Waals surface area (Å²) in [7, 11) is 0. The van der Waals surface area contributed by atoms with Crippen LogP contribution in [0.5, 0.6) is 11.5 Å². The molecule has 198 valence electrons. The van der Waals surface area contributed by atoms with Crippen LogP contribution in [0.3, 0.4) is 0 Å². The highest BCUT2D eigenvalue weighted by molar-refractivity contribution is 6.03. The number of carbonyl (C=O) groups is 1. The summed E-state index contributed by atoms with van der Waals surface area (Å²) >= 11 is 0. The zero-order valence-corrected chi connectivity index (χ0v) is 21.8. The van der Waals surface area contributed by atoms with Crippen LogP contribution >= 0.6 is 0 Å². The van der Waals surface area contributed by atoms with Crippen molar-refractivity contribution in [2.75, 3.05) is 26.3 Å². The molecule has 0 unspecified atom stereocenters. The van der Waals surface area contributed by atoms with Gasteiger partial charge in [-0.05, 0) is 73.9 Å². The maximum absolute atomic E-state index is 13.6. The van der Waals surface area contributed by atoms with E-state index in [2.05, 4.69) is 10.1 Å². The highest BCUT2D eigenvalue weighted by Crippen LogP contribution is 2.42. The molecule has 8 heteroatoms. The minimum absolute atomic E-state index is 0.263. The third-order valence-electron chi connectivity index (χ3n) is 6.91. The second kappa shape index (κ2) is 10.5. The number of carboxylic acid groups (broad SMARTS) is 1. The van der Waals surface area contributed by atoms with E-state index in [1.54, 1.807) is 24.3 Å². The van der Waals surface area contributed by atoms with E-state index in [0.717, 1.165) is 46.6 Å². The van der Waals surface area contributed by atoms with Crippen LogP contribution in [0.15, 0.2) is 59.8 Å². The molecule has 38 heavy (non-hydrogen) atoms. The molecule has 3 aromatic rings. The molecule has 3 aromatic carbocycles. The van der Waals surface area contributed by atoms with Crippen molar-refractivity contribution in [2.24, 2.45) is 5.16 Å². The molecule has 0 amide bonds. The van der Waals surface area contributed by atoms with E-state index in [0.29, 0.717) is 37.7 Å². The zero-order valence-electron chi connectivity index (χ0n) is 21.8. The zero-order chi connectivity index (χ0) is 26.9. The summed E-state index contributed by atoms with van der Waals surface area (Å²) < 4.78 is 25.6. The van der Waals surface area contributed by atoms with E-state index >= 15 is 0 Å². The summed E-state index contributed by atoms with van der Waals surface area (Å²) in [5, 5.41) is 13.6. The Bertz CT molecular complexity index is 1350. The van der Waals surface area contributed by atoms with Crippen molar-refractivity contribution in [1.82, 2.24) is 4.90 Å². The number of rotatable bonds is 9. The number of hydrogen-bond acceptors (Lipinski definition) is 6. The van der Waals surface area contributed by atoms with Gasteiger partial charge >= 0.3 is 5.97 Å². The van der Waals surface area contributed by atoms with Crippen molar-refractivity contribution in [3.05, 3.63) is 82.7 Å². The average Bonchev–Trinajstić information content (AvgIpc) is 3.30. The molecule has 0 saturated carbocycles. The molecule has 1 spiro atoms. The summed E-state index contributed by atoms with van der Waals surface area (Å²) in [4.78, 5) is 19.5. The molecule has 2 heterocycles. The second-order valence-electron chi connectivity index (χ2n) is 9.81. The Kier molecular flexibility index (Phi) is 7.08. The van der Waals surface area contributed by atoms with E-state index in [1.165, 1.54) is 12.1 Å². The van der Waals surface area contributed by atoms with Crippen LogP contribution in [-0.2, 0) is 11.4 Å². The Labute approximate surface area is 221 Å². The van der Waals surface area contributed by atoms with Crippen LogP contribution in [-0.4, -0.2) is 53.6 Å². The minimum Gasteiger partial charge on any atom is -0.493 e. The first-order chi connectivity index (χ1) is 18.3. The Hall–Kier alpha value is -3.91. The van der Waals surface area contributed by atoms with Crippen LogP contribution in [0.4, 0.5) is 4.39 Å². The molecule has 7 nitrogen and oxygen atoms in total. The van der Waals surface area contributed by atoms with Gasteiger partial charge in [0.2, 0.25) is 0 Å². The van der Waals surface area contributed by atoms with Crippen molar-refractivity contribution in [2.45, 2.75) is 39.3 Å². The number of halogens is 1. The molecule has 0 aliphatic carbocycles. The van der Waals surface area contributed by atoms with E-state index in [1.807, 2.05) is 39.0 Å². The molecule has 5 rings (SSSR count). The molecule has 0 atom stereocenters. The summed E-state index contributed by atoms with van der Waals surface area (Å²) in [5.74, 6) is 0.180. The summed E-state index contributed by atoms with van der Waals surface area (Å²) in [6.45, 7) is 8.90. The Morgan fingerprint density at radius 3 is 2.29 bits per heavy atom. The molecule has 2 aliphatic rings. The normalized spacial score (nSPS) is 16.1. The van der Waals surface area contributed by atoms with Gasteiger partial charge in [0.1, 0.15) is 17.3 Å². The molecule has 1 saturated heterocycles. The van der Waals surface area contributed by atoms with Gasteiger partial charge in [-0.15, -0.1) is 0 Å². The predicted octanol–water partition coefficient (Wildman–Crippen LogP) is 5.68. The van der Waals surface area contributed by atoms with Crippen LogP contribution in [0.1, 0.15) is 47.3 Å². The van der Waals surface area contributed by atoms with Crippen LogP contribution in [0, 0.1) is 12.7 Å². The average molecular weight is 519 g/mol. The lowest BCUT2D eigenvalue weighted by atomic mass is 9.85. The van der Waals surface area contributed by atoms with Gasteiger partial charge in [0.15, 0.2) is 5.60 Å². The van der Waals surface area contributed by atoms with Crippen LogP contribution in [0.25, 0.3) is 11.1 Å². The molecular weight excluding hydrogens is 487 g/mol. The lowest BCUT2D eigenvalue weighted by molar-refractivity contribution is -0.128. The van der Waals surface area contributed by atoms with Gasteiger partial charge in [-0.1, -0.05) is 23.4 Å². The SMILES string of the molecule is CCOc1cc(CN2CC3(CC(c4ccc(C(=O)O)cc4C)=NO3)C2)cc(OCC)c1-c1ccc(F)cc1. The van der Waals surface area contributed by atoms with Crippen molar-refractivity contribution in [3.63, 3.8) is 0 Å². The van der Waals surface area contributed by atoms with Crippen LogP contribution in [0.2, 0.25) is 0 Å². The molecule has 1 fully saturated rings. The van der Waals surface area contributed by atoms with E-state index in [-0.39, 0.29) is 17.0 Å². The summed E-state index contributed by atoms with van der Waals surface area (Å²) in [6.07, 6.45) is 0.675. The first kappa shape index (κ1) is 25.7.